The fourth-order valence-corrected chi connectivity index (χ4v) is 3.82. The molecule has 3 rings (SSSR count). The molecular weight excluding hydrogens is 425 g/mol. The van der Waals surface area contributed by atoms with Gasteiger partial charge in [0.1, 0.15) is 0 Å². The highest BCUT2D eigenvalue weighted by Gasteiger charge is 2.43. The van der Waals surface area contributed by atoms with Crippen LogP contribution in [0.4, 0.5) is 18.9 Å². The number of nitrogens with one attached hydrogen (secondary N) is 1. The van der Waals surface area contributed by atoms with E-state index in [1.165, 1.54) is 17.9 Å². The summed E-state index contributed by atoms with van der Waals surface area (Å²) in [5.74, 6) is -3.12. The third-order valence-electron chi connectivity index (χ3n) is 5.43. The summed E-state index contributed by atoms with van der Waals surface area (Å²) in [5, 5.41) is 2.75. The fourth-order valence-electron chi connectivity index (χ4n) is 3.82. The van der Waals surface area contributed by atoms with Gasteiger partial charge < -0.3 is 15.1 Å². The number of nitrogens with zero attached hydrogens (tertiary/aromatic N) is 3. The van der Waals surface area contributed by atoms with Gasteiger partial charge in [0.2, 0.25) is 11.8 Å². The number of benzene rings is 1. The average Bonchev–Trinajstić information content (AvgIpc) is 3.06. The van der Waals surface area contributed by atoms with Crippen molar-refractivity contribution < 1.29 is 27.6 Å². The van der Waals surface area contributed by atoms with Crippen LogP contribution >= 0.6 is 0 Å². The van der Waals surface area contributed by atoms with Crippen molar-refractivity contribution in [3.8, 4) is 0 Å². The van der Waals surface area contributed by atoms with Gasteiger partial charge in [-0.3, -0.25) is 19.4 Å². The molecule has 1 aromatic carbocycles. The number of anilines is 1. The number of hydrogen-bond donors (Lipinski definition) is 1. The molecule has 0 aliphatic carbocycles. The summed E-state index contributed by atoms with van der Waals surface area (Å²) in [6.45, 7) is 1.10. The molecular formula is C22H23F3N4O3. The molecule has 2 atom stereocenters. The van der Waals surface area contributed by atoms with Crippen molar-refractivity contribution in [2.75, 3.05) is 18.9 Å². The molecule has 2 unspecified atom stereocenters. The molecule has 1 aromatic heterocycles. The molecule has 10 heteroatoms. The molecule has 1 aliphatic rings. The lowest BCUT2D eigenvalue weighted by molar-refractivity contribution is -0.185. The van der Waals surface area contributed by atoms with Gasteiger partial charge in [0.25, 0.3) is 0 Å². The number of halogens is 3. The number of rotatable bonds is 6. The molecule has 32 heavy (non-hydrogen) atoms. The Hall–Kier alpha value is -3.43. The molecule has 1 aliphatic heterocycles. The normalized spacial score (nSPS) is 18.5. The topological polar surface area (TPSA) is 82.6 Å². The van der Waals surface area contributed by atoms with E-state index < -0.39 is 24.0 Å². The predicted molar refractivity (Wildman–Crippen MR) is 110 cm³/mol. The maximum Gasteiger partial charge on any atom is 0.471 e. The summed E-state index contributed by atoms with van der Waals surface area (Å²) in [6.07, 6.45) is -1.71. The second-order valence-corrected chi connectivity index (χ2v) is 7.55. The molecule has 3 amide bonds. The van der Waals surface area contributed by atoms with Gasteiger partial charge in [0.05, 0.1) is 12.0 Å². The first kappa shape index (κ1) is 23.2. The number of carbonyl (C=O) groups is 3. The van der Waals surface area contributed by atoms with Crippen LogP contribution < -0.4 is 5.32 Å². The minimum atomic E-state index is -4.95. The summed E-state index contributed by atoms with van der Waals surface area (Å²) in [4.78, 5) is 43.1. The minimum Gasteiger partial charge on any atom is -0.338 e. The molecule has 1 fully saturated rings. The first-order valence-electron chi connectivity index (χ1n) is 10.0. The van der Waals surface area contributed by atoms with E-state index in [1.54, 1.807) is 49.8 Å². The van der Waals surface area contributed by atoms with E-state index in [0.717, 1.165) is 5.56 Å². The Labute approximate surface area is 183 Å². The maximum atomic E-state index is 13.0. The highest BCUT2D eigenvalue weighted by Crippen LogP contribution is 2.37. The van der Waals surface area contributed by atoms with E-state index in [9.17, 15) is 27.6 Å². The molecule has 0 spiro atoms. The number of hydrogen-bond acceptors (Lipinski definition) is 4. The van der Waals surface area contributed by atoms with Gasteiger partial charge in [-0.25, -0.2) is 0 Å². The van der Waals surface area contributed by atoms with Gasteiger partial charge in [-0.2, -0.15) is 13.2 Å². The maximum absolute atomic E-state index is 13.0. The number of carbonyl (C=O) groups excluding carboxylic acids is 3. The summed E-state index contributed by atoms with van der Waals surface area (Å²) in [5.41, 5.74) is 1.54. The van der Waals surface area contributed by atoms with Crippen molar-refractivity contribution >= 4 is 23.4 Å². The summed E-state index contributed by atoms with van der Waals surface area (Å²) >= 11 is 0. The van der Waals surface area contributed by atoms with Crippen molar-refractivity contribution in [3.63, 3.8) is 0 Å². The number of alkyl halides is 3. The third kappa shape index (κ3) is 5.06. The van der Waals surface area contributed by atoms with Crippen LogP contribution in [0.5, 0.6) is 0 Å². The van der Waals surface area contributed by atoms with Crippen LogP contribution in [-0.4, -0.2) is 52.3 Å². The number of aromatic nitrogens is 1. The number of amides is 3. The van der Waals surface area contributed by atoms with Crippen molar-refractivity contribution in [2.45, 2.75) is 32.1 Å². The van der Waals surface area contributed by atoms with Gasteiger partial charge in [0, 0.05) is 44.6 Å². The van der Waals surface area contributed by atoms with E-state index in [4.69, 9.17) is 0 Å². The lowest BCUT2D eigenvalue weighted by atomic mass is 9.94. The zero-order valence-corrected chi connectivity index (χ0v) is 17.6. The molecule has 2 aromatic rings. The Morgan fingerprint density at radius 3 is 2.62 bits per heavy atom. The molecule has 1 saturated heterocycles. The molecule has 170 valence electrons. The summed E-state index contributed by atoms with van der Waals surface area (Å²) < 4.78 is 38.3. The predicted octanol–water partition coefficient (Wildman–Crippen LogP) is 3.15. The molecule has 0 radical (unpaired) electrons. The van der Waals surface area contributed by atoms with E-state index in [-0.39, 0.29) is 31.3 Å². The Morgan fingerprint density at radius 1 is 1.25 bits per heavy atom. The van der Waals surface area contributed by atoms with Gasteiger partial charge in [-0.1, -0.05) is 18.2 Å². The monoisotopic (exact) mass is 448 g/mol. The van der Waals surface area contributed by atoms with Crippen LogP contribution in [-0.2, 0) is 20.9 Å². The van der Waals surface area contributed by atoms with Crippen LogP contribution in [0.2, 0.25) is 0 Å². The SMILES string of the molecule is CCN(Cc1cccc(NC(=O)C2CC(=O)N(C)C2c2cccnc2)c1)C(=O)C(F)(F)F. The Balaban J connectivity index is 1.75. The summed E-state index contributed by atoms with van der Waals surface area (Å²) in [7, 11) is 1.63. The van der Waals surface area contributed by atoms with Gasteiger partial charge in [-0.15, -0.1) is 0 Å². The van der Waals surface area contributed by atoms with E-state index in [1.807, 2.05) is 0 Å². The Bertz CT molecular complexity index is 997. The molecule has 0 bridgehead atoms. The third-order valence-corrected chi connectivity index (χ3v) is 5.43. The quantitative estimate of drug-likeness (QED) is 0.736. The summed E-state index contributed by atoms with van der Waals surface area (Å²) in [6, 6.07) is 9.33. The van der Waals surface area contributed by atoms with Crippen molar-refractivity contribution in [1.29, 1.82) is 0 Å². The average molecular weight is 448 g/mol. The van der Waals surface area contributed by atoms with Gasteiger partial charge in [0.15, 0.2) is 0 Å². The lowest BCUT2D eigenvalue weighted by Crippen LogP contribution is -2.40. The van der Waals surface area contributed by atoms with Crippen molar-refractivity contribution in [2.24, 2.45) is 5.92 Å². The van der Waals surface area contributed by atoms with Gasteiger partial charge in [-0.05, 0) is 36.2 Å². The standard InChI is InChI=1S/C22H23F3N4O3/c1-3-29(21(32)22(23,24)25)13-14-6-4-8-16(10-14)27-20(31)17-11-18(30)28(2)19(17)15-7-5-9-26-12-15/h4-10,12,17,19H,3,11,13H2,1-2H3,(H,27,31). The van der Waals surface area contributed by atoms with Crippen LogP contribution in [0.3, 0.4) is 0 Å². The highest BCUT2D eigenvalue weighted by molar-refractivity contribution is 5.98. The largest absolute Gasteiger partial charge is 0.471 e. The van der Waals surface area contributed by atoms with E-state index in [2.05, 4.69) is 10.3 Å². The molecule has 2 heterocycles. The van der Waals surface area contributed by atoms with E-state index >= 15 is 0 Å². The van der Waals surface area contributed by atoms with Crippen molar-refractivity contribution in [1.82, 2.24) is 14.8 Å². The smallest absolute Gasteiger partial charge is 0.338 e. The van der Waals surface area contributed by atoms with Gasteiger partial charge >= 0.3 is 12.1 Å². The molecule has 0 saturated carbocycles. The first-order valence-corrected chi connectivity index (χ1v) is 10.0. The fraction of sp³-hybridized carbons (Fsp3) is 0.364. The number of likely N-dealkylation sites (tertiary alicyclic amines) is 1. The molecule has 7 nitrogen and oxygen atoms in total. The minimum absolute atomic E-state index is 0.0330. The highest BCUT2D eigenvalue weighted by atomic mass is 19.4. The Kier molecular flexibility index (Phi) is 6.81. The van der Waals surface area contributed by atoms with Crippen molar-refractivity contribution in [3.05, 3.63) is 59.9 Å². The van der Waals surface area contributed by atoms with Crippen LogP contribution in [0, 0.1) is 5.92 Å². The first-order chi connectivity index (χ1) is 15.1. The zero-order chi connectivity index (χ0) is 23.5. The van der Waals surface area contributed by atoms with Crippen LogP contribution in [0.15, 0.2) is 48.8 Å². The molecule has 1 N–H and O–H groups in total. The second-order valence-electron chi connectivity index (χ2n) is 7.55. The van der Waals surface area contributed by atoms with Crippen LogP contribution in [0.25, 0.3) is 0 Å². The zero-order valence-electron chi connectivity index (χ0n) is 17.6. The van der Waals surface area contributed by atoms with E-state index in [0.29, 0.717) is 16.2 Å². The Morgan fingerprint density at radius 2 is 2.00 bits per heavy atom. The number of pyridine rings is 1. The van der Waals surface area contributed by atoms with Crippen LogP contribution in [0.1, 0.15) is 30.5 Å². The lowest BCUT2D eigenvalue weighted by Gasteiger charge is -2.25. The second kappa shape index (κ2) is 9.37.